The molecule has 1 atom stereocenters. The van der Waals surface area contributed by atoms with Gasteiger partial charge < -0.3 is 0 Å². The summed E-state index contributed by atoms with van der Waals surface area (Å²) in [5.74, 6) is 0.859. The van der Waals surface area contributed by atoms with Crippen LogP contribution in [-0.2, 0) is 0 Å². The minimum atomic E-state index is 0.564. The van der Waals surface area contributed by atoms with Crippen molar-refractivity contribution < 1.29 is 0 Å². The van der Waals surface area contributed by atoms with Gasteiger partial charge in [-0.25, -0.2) is 0 Å². The summed E-state index contributed by atoms with van der Waals surface area (Å²) in [6, 6.07) is 2.21. The summed E-state index contributed by atoms with van der Waals surface area (Å²) in [6.45, 7) is 0. The second-order valence-corrected chi connectivity index (χ2v) is 7.61. The van der Waals surface area contributed by atoms with Crippen molar-refractivity contribution in [2.24, 2.45) is 5.92 Å². The van der Waals surface area contributed by atoms with Crippen molar-refractivity contribution in [2.45, 2.75) is 24.1 Å². The van der Waals surface area contributed by atoms with Crippen LogP contribution >= 0.6 is 59.1 Å². The van der Waals surface area contributed by atoms with Crippen LogP contribution in [-0.4, -0.2) is 0 Å². The lowest BCUT2D eigenvalue weighted by Crippen LogP contribution is -2.15. The highest BCUT2D eigenvalue weighted by Crippen LogP contribution is 2.47. The zero-order valence-corrected chi connectivity index (χ0v) is 12.5. The summed E-state index contributed by atoms with van der Waals surface area (Å²) in [6.07, 6.45) is 4.16. The molecule has 0 N–H and O–H groups in total. The van der Waals surface area contributed by atoms with Crippen LogP contribution in [0.2, 0.25) is 0 Å². The molecule has 72 valence electrons. The van der Waals surface area contributed by atoms with Gasteiger partial charge in [-0.3, -0.25) is 0 Å². The van der Waals surface area contributed by atoms with E-state index in [4.69, 9.17) is 0 Å². The smallest absolute Gasteiger partial charge is 0.0843 e. The Morgan fingerprint density at radius 1 is 1.38 bits per heavy atom. The number of hydrogen-bond donors (Lipinski definition) is 0. The van der Waals surface area contributed by atoms with Gasteiger partial charge in [0.2, 0.25) is 0 Å². The average molecular weight is 389 g/mol. The molecule has 1 heterocycles. The first-order valence-electron chi connectivity index (χ1n) is 4.27. The van der Waals surface area contributed by atoms with E-state index >= 15 is 0 Å². The second kappa shape index (κ2) is 4.33. The van der Waals surface area contributed by atoms with Crippen LogP contribution in [0.1, 0.15) is 29.0 Å². The maximum Gasteiger partial charge on any atom is 0.0843 e. The molecule has 1 aliphatic carbocycles. The van der Waals surface area contributed by atoms with E-state index in [-0.39, 0.29) is 0 Å². The van der Waals surface area contributed by atoms with Crippen molar-refractivity contribution in [1.82, 2.24) is 0 Å². The molecular formula is C9H9Br3S. The molecule has 0 saturated heterocycles. The molecule has 0 radical (unpaired) electrons. The molecule has 1 saturated carbocycles. The quantitative estimate of drug-likeness (QED) is 0.586. The van der Waals surface area contributed by atoms with E-state index in [9.17, 15) is 0 Å². The summed E-state index contributed by atoms with van der Waals surface area (Å²) in [5, 5.41) is 0. The predicted molar refractivity (Wildman–Crippen MR) is 68.7 cm³/mol. The summed E-state index contributed by atoms with van der Waals surface area (Å²) in [5.41, 5.74) is 0. The minimum absolute atomic E-state index is 0.564. The third-order valence-electron chi connectivity index (χ3n) is 2.50. The predicted octanol–water partition coefficient (Wildman–Crippen LogP) is 5.51. The van der Waals surface area contributed by atoms with Crippen molar-refractivity contribution in [3.63, 3.8) is 0 Å². The standard InChI is InChI=1S/C9H9Br3S/c10-6-4-7(13-9(6)12)8(11)5-2-1-3-5/h4-5,8H,1-3H2. The van der Waals surface area contributed by atoms with E-state index in [2.05, 4.69) is 53.9 Å². The van der Waals surface area contributed by atoms with Crippen LogP contribution in [0.4, 0.5) is 0 Å². The van der Waals surface area contributed by atoms with Crippen LogP contribution in [0.5, 0.6) is 0 Å². The van der Waals surface area contributed by atoms with E-state index in [1.165, 1.54) is 32.4 Å². The monoisotopic (exact) mass is 386 g/mol. The van der Waals surface area contributed by atoms with Gasteiger partial charge in [-0.1, -0.05) is 22.4 Å². The van der Waals surface area contributed by atoms with Gasteiger partial charge in [0.1, 0.15) is 0 Å². The van der Waals surface area contributed by atoms with Crippen LogP contribution in [0.25, 0.3) is 0 Å². The Hall–Kier alpha value is 1.14. The molecule has 1 unspecified atom stereocenters. The minimum Gasteiger partial charge on any atom is -0.131 e. The van der Waals surface area contributed by atoms with E-state index in [1.54, 1.807) is 0 Å². The Labute approximate surface area is 107 Å². The van der Waals surface area contributed by atoms with Gasteiger partial charge >= 0.3 is 0 Å². The molecule has 0 nitrogen and oxygen atoms in total. The lowest BCUT2D eigenvalue weighted by Gasteiger charge is -2.29. The van der Waals surface area contributed by atoms with Crippen LogP contribution in [0, 0.1) is 5.92 Å². The lowest BCUT2D eigenvalue weighted by molar-refractivity contribution is 0.314. The van der Waals surface area contributed by atoms with Gasteiger partial charge in [-0.15, -0.1) is 11.3 Å². The molecule has 2 rings (SSSR count). The number of hydrogen-bond acceptors (Lipinski definition) is 1. The second-order valence-electron chi connectivity index (χ2n) is 3.36. The normalized spacial score (nSPS) is 19.9. The molecule has 1 aliphatic rings. The molecule has 0 spiro atoms. The lowest BCUT2D eigenvalue weighted by atomic mass is 9.82. The highest BCUT2D eigenvalue weighted by atomic mass is 79.9. The molecule has 0 aliphatic heterocycles. The summed E-state index contributed by atoms with van der Waals surface area (Å²) < 4.78 is 2.38. The van der Waals surface area contributed by atoms with Crippen molar-refractivity contribution >= 4 is 59.1 Å². The van der Waals surface area contributed by atoms with Crippen LogP contribution in [0.15, 0.2) is 14.3 Å². The first-order valence-corrected chi connectivity index (χ1v) is 7.59. The Morgan fingerprint density at radius 2 is 2.08 bits per heavy atom. The number of thiophene rings is 1. The van der Waals surface area contributed by atoms with Crippen LogP contribution in [0.3, 0.4) is 0 Å². The van der Waals surface area contributed by atoms with E-state index in [1.807, 2.05) is 11.3 Å². The van der Waals surface area contributed by atoms with Crippen LogP contribution < -0.4 is 0 Å². The SMILES string of the molecule is Brc1cc(C(Br)C2CCC2)sc1Br. The molecular weight excluding hydrogens is 380 g/mol. The molecule has 0 aromatic carbocycles. The molecule has 0 amide bonds. The number of halogens is 3. The third-order valence-corrected chi connectivity index (χ3v) is 7.38. The van der Waals surface area contributed by atoms with Crippen molar-refractivity contribution in [1.29, 1.82) is 0 Å². The molecule has 13 heavy (non-hydrogen) atoms. The molecule has 1 aromatic rings. The zero-order chi connectivity index (χ0) is 9.42. The van der Waals surface area contributed by atoms with Gasteiger partial charge in [0, 0.05) is 9.35 Å². The van der Waals surface area contributed by atoms with Gasteiger partial charge in [0.05, 0.1) is 8.61 Å². The van der Waals surface area contributed by atoms with Crippen molar-refractivity contribution in [3.8, 4) is 0 Å². The Kier molecular flexibility index (Phi) is 3.55. The molecule has 0 bridgehead atoms. The summed E-state index contributed by atoms with van der Waals surface area (Å²) in [7, 11) is 0. The largest absolute Gasteiger partial charge is 0.131 e. The van der Waals surface area contributed by atoms with Gasteiger partial charge in [-0.2, -0.15) is 0 Å². The fourth-order valence-electron chi connectivity index (χ4n) is 1.46. The third kappa shape index (κ3) is 2.21. The van der Waals surface area contributed by atoms with Gasteiger partial charge in [-0.05, 0) is 56.7 Å². The number of rotatable bonds is 2. The maximum atomic E-state index is 3.78. The van der Waals surface area contributed by atoms with Crippen molar-refractivity contribution in [2.75, 3.05) is 0 Å². The van der Waals surface area contributed by atoms with Crippen molar-refractivity contribution in [3.05, 3.63) is 19.2 Å². The zero-order valence-electron chi connectivity index (χ0n) is 6.90. The number of alkyl halides is 1. The highest BCUT2D eigenvalue weighted by molar-refractivity contribution is 9.13. The summed E-state index contributed by atoms with van der Waals surface area (Å²) in [4.78, 5) is 2.00. The van der Waals surface area contributed by atoms with E-state index in [0.29, 0.717) is 4.83 Å². The van der Waals surface area contributed by atoms with E-state index in [0.717, 1.165) is 5.92 Å². The maximum absolute atomic E-state index is 3.78. The fraction of sp³-hybridized carbons (Fsp3) is 0.556. The van der Waals surface area contributed by atoms with Gasteiger partial charge in [0.25, 0.3) is 0 Å². The molecule has 1 fully saturated rings. The molecule has 4 heteroatoms. The van der Waals surface area contributed by atoms with Gasteiger partial charge in [0.15, 0.2) is 0 Å². The van der Waals surface area contributed by atoms with E-state index < -0.39 is 0 Å². The Balaban J connectivity index is 2.14. The fourth-order valence-corrected chi connectivity index (χ4v) is 4.57. The first kappa shape index (κ1) is 10.7. The Morgan fingerprint density at radius 3 is 2.46 bits per heavy atom. The first-order chi connectivity index (χ1) is 6.18. The summed E-state index contributed by atoms with van der Waals surface area (Å²) >= 11 is 12.6. The topological polar surface area (TPSA) is 0 Å². The Bertz CT molecular complexity index is 284. The highest BCUT2D eigenvalue weighted by Gasteiger charge is 2.27. The molecule has 1 aromatic heterocycles. The average Bonchev–Trinajstić information content (AvgIpc) is 2.28.